The zero-order chi connectivity index (χ0) is 36.7. The lowest BCUT2D eigenvalue weighted by molar-refractivity contribution is -0.703. The van der Waals surface area contributed by atoms with E-state index in [0.29, 0.717) is 27.5 Å². The molecular formula is C32H35Cl2N4O9S3+. The molecule has 3 heterocycles. The summed E-state index contributed by atoms with van der Waals surface area (Å²) in [6.45, 7) is 5.48. The van der Waals surface area contributed by atoms with Crippen LogP contribution in [0.1, 0.15) is 26.3 Å². The molecule has 2 aromatic rings. The van der Waals surface area contributed by atoms with Crippen LogP contribution in [0.15, 0.2) is 63.8 Å². The maximum absolute atomic E-state index is 13.1. The van der Waals surface area contributed by atoms with Gasteiger partial charge < -0.3 is 30.7 Å². The van der Waals surface area contributed by atoms with E-state index < -0.39 is 53.0 Å². The maximum atomic E-state index is 13.1. The Morgan fingerprint density at radius 1 is 1.14 bits per heavy atom. The number of amides is 3. The van der Waals surface area contributed by atoms with E-state index in [1.807, 2.05) is 12.1 Å². The predicted molar refractivity (Wildman–Crippen MR) is 191 cm³/mol. The van der Waals surface area contributed by atoms with Crippen molar-refractivity contribution >= 4 is 94.4 Å². The Kier molecular flexibility index (Phi) is 13.5. The van der Waals surface area contributed by atoms with Crippen LogP contribution in [-0.2, 0) is 30.5 Å². The third-order valence-corrected chi connectivity index (χ3v) is 11.2. The fourth-order valence-corrected chi connectivity index (χ4v) is 8.52. The first-order valence-electron chi connectivity index (χ1n) is 15.0. The van der Waals surface area contributed by atoms with Crippen molar-refractivity contribution in [3.05, 3.63) is 69.6 Å². The zero-order valence-electron chi connectivity index (χ0n) is 27.1. The number of carboxylic acids is 2. The summed E-state index contributed by atoms with van der Waals surface area (Å²) in [7, 11) is 0. The Balaban J connectivity index is 1.28. The van der Waals surface area contributed by atoms with Crippen molar-refractivity contribution in [3.63, 3.8) is 0 Å². The highest BCUT2D eigenvalue weighted by Gasteiger charge is 2.54. The van der Waals surface area contributed by atoms with Crippen LogP contribution in [0.25, 0.3) is 6.08 Å². The van der Waals surface area contributed by atoms with E-state index in [9.17, 15) is 34.2 Å². The van der Waals surface area contributed by atoms with Gasteiger partial charge in [0.1, 0.15) is 28.8 Å². The molecule has 0 aliphatic carbocycles. The zero-order valence-corrected chi connectivity index (χ0v) is 31.0. The van der Waals surface area contributed by atoms with Gasteiger partial charge in [0, 0.05) is 44.5 Å². The lowest BCUT2D eigenvalue weighted by atomic mass is 10.0. The van der Waals surface area contributed by atoms with Gasteiger partial charge in [-0.1, -0.05) is 23.2 Å². The highest BCUT2D eigenvalue weighted by Crippen LogP contribution is 2.42. The van der Waals surface area contributed by atoms with Crippen molar-refractivity contribution in [1.82, 2.24) is 15.5 Å². The fourth-order valence-electron chi connectivity index (χ4n) is 4.75. The molecule has 1 fully saturated rings. The fraction of sp³-hybridized carbons (Fsp3) is 0.375. The van der Waals surface area contributed by atoms with Crippen LogP contribution in [0.3, 0.4) is 0 Å². The molecule has 1 saturated heterocycles. The molecule has 0 spiro atoms. The lowest BCUT2D eigenvalue weighted by Gasteiger charge is -2.49. The summed E-state index contributed by atoms with van der Waals surface area (Å²) in [5.74, 6) is -2.76. The summed E-state index contributed by atoms with van der Waals surface area (Å²) >= 11 is 16.4. The number of thioether (sulfide) groups is 3. The average Bonchev–Trinajstić information content (AvgIpc) is 3.04. The van der Waals surface area contributed by atoms with Gasteiger partial charge in [-0.25, -0.2) is 19.0 Å². The second-order valence-corrected chi connectivity index (χ2v) is 16.0. The summed E-state index contributed by atoms with van der Waals surface area (Å²) in [6.07, 6.45) is 4.29. The molecule has 1 unspecified atom stereocenters. The van der Waals surface area contributed by atoms with Gasteiger partial charge >= 0.3 is 18.0 Å². The summed E-state index contributed by atoms with van der Waals surface area (Å²) in [5, 5.41) is 34.3. The number of alkyl carbamates (subject to hydrolysis) is 1. The van der Waals surface area contributed by atoms with Gasteiger partial charge in [-0.15, -0.1) is 35.3 Å². The monoisotopic (exact) mass is 785 g/mol. The number of β-lactam (4-membered cyclic amide) rings is 1. The highest BCUT2D eigenvalue weighted by molar-refractivity contribution is 8.01. The van der Waals surface area contributed by atoms with Crippen LogP contribution in [0.4, 0.5) is 4.79 Å². The summed E-state index contributed by atoms with van der Waals surface area (Å²) in [6, 6.07) is 5.76. The number of hydrogen-bond donors (Lipinski definition) is 5. The summed E-state index contributed by atoms with van der Waals surface area (Å²) in [5.41, 5.74) is 0.246. The number of aliphatic hydroxyl groups excluding tert-OH is 1. The molecule has 4 rings (SSSR count). The Morgan fingerprint density at radius 2 is 1.84 bits per heavy atom. The average molecular weight is 787 g/mol. The lowest BCUT2D eigenvalue weighted by Crippen LogP contribution is -2.70. The number of carbonyl (C=O) groups is 5. The number of pyridine rings is 1. The predicted octanol–water partition coefficient (Wildman–Crippen LogP) is 3.89. The Bertz CT molecular complexity index is 1720. The minimum atomic E-state index is -1.23. The Hall–Kier alpha value is -3.41. The number of halogens is 2. The number of rotatable bonds is 14. The maximum Gasteiger partial charge on any atom is 0.407 e. The van der Waals surface area contributed by atoms with E-state index in [2.05, 4.69) is 10.6 Å². The standard InChI is InChI=1S/C32H34Cl2N4O9S3/c1-32(2,3)47-31(46)35-12-19(39)13-37-8-6-20(7-9-37)48-14-18-15-50-29-26(28(43)38(29)27(18)30(44)45)36-24(40)16-49-23-11-21(33)17(10-22(23)34)4-5-25(41)42/h4-11,19,26,29,39H,12-16H2,1-3H3,(H3-,35,36,40,41,42,44,45,46)/p+1/b5-4+/t19?,26-,29-/m1/s1. The third kappa shape index (κ3) is 10.8. The number of ether oxygens (including phenoxy) is 1. The second-order valence-electron chi connectivity index (χ2n) is 12.0. The van der Waals surface area contributed by atoms with E-state index in [1.165, 1.54) is 46.6 Å². The number of aliphatic carboxylic acids is 2. The molecule has 50 heavy (non-hydrogen) atoms. The first-order valence-corrected chi connectivity index (χ1v) is 18.8. The normalized spacial score (nSPS) is 18.0. The molecule has 3 atom stereocenters. The summed E-state index contributed by atoms with van der Waals surface area (Å²) < 4.78 is 6.92. The number of carbonyl (C=O) groups excluding carboxylic acids is 3. The number of nitrogens with zero attached hydrogens (tertiary/aromatic N) is 2. The number of aliphatic hydroxyl groups is 1. The molecule has 3 amide bonds. The van der Waals surface area contributed by atoms with Crippen LogP contribution in [0, 0.1) is 0 Å². The first kappa shape index (κ1) is 39.4. The molecule has 268 valence electrons. The van der Waals surface area contributed by atoms with Crippen molar-refractivity contribution < 1.29 is 48.6 Å². The molecule has 2 aliphatic rings. The highest BCUT2D eigenvalue weighted by atomic mass is 35.5. The molecule has 18 heteroatoms. The van der Waals surface area contributed by atoms with Gasteiger partial charge in [0.25, 0.3) is 5.91 Å². The van der Waals surface area contributed by atoms with E-state index in [4.69, 9.17) is 33.0 Å². The van der Waals surface area contributed by atoms with Gasteiger partial charge in [0.15, 0.2) is 18.9 Å². The quantitative estimate of drug-likeness (QED) is 0.0807. The number of carboxylic acid groups (broad SMARTS) is 2. The molecule has 0 saturated carbocycles. The molecule has 1 aromatic heterocycles. The minimum Gasteiger partial charge on any atom is -0.478 e. The smallest absolute Gasteiger partial charge is 0.407 e. The van der Waals surface area contributed by atoms with Crippen molar-refractivity contribution in [2.45, 2.75) is 60.2 Å². The topological polar surface area (TPSA) is 186 Å². The Labute approximate surface area is 310 Å². The molecule has 0 bridgehead atoms. The molecule has 2 aliphatic heterocycles. The van der Waals surface area contributed by atoms with E-state index >= 15 is 0 Å². The number of nitrogens with one attached hydrogen (secondary N) is 2. The van der Waals surface area contributed by atoms with Gasteiger partial charge in [0.05, 0.1) is 17.3 Å². The number of hydrogen-bond acceptors (Lipinski definition) is 10. The van der Waals surface area contributed by atoms with Crippen molar-refractivity contribution in [2.24, 2.45) is 0 Å². The molecule has 0 radical (unpaired) electrons. The van der Waals surface area contributed by atoms with E-state index in [1.54, 1.807) is 37.7 Å². The molecular weight excluding hydrogens is 751 g/mol. The van der Waals surface area contributed by atoms with E-state index in [0.717, 1.165) is 22.7 Å². The SMILES string of the molecule is CC(C)(C)OC(=O)NCC(O)C[n+]1ccc(SCC2=C(C(=O)O)N3C(=O)[C@@H](NC(=O)CSc4cc(Cl)c(/C=C/C(=O)O)cc4Cl)[C@H]3SC2)cc1. The van der Waals surface area contributed by atoms with Gasteiger partial charge in [-0.3, -0.25) is 14.5 Å². The van der Waals surface area contributed by atoms with Crippen LogP contribution < -0.4 is 15.2 Å². The van der Waals surface area contributed by atoms with Crippen LogP contribution in [0.2, 0.25) is 10.0 Å². The van der Waals surface area contributed by atoms with Crippen LogP contribution in [-0.4, -0.2) is 97.0 Å². The van der Waals surface area contributed by atoms with Crippen LogP contribution >= 0.6 is 58.5 Å². The van der Waals surface area contributed by atoms with Crippen LogP contribution in [0.5, 0.6) is 0 Å². The third-order valence-electron chi connectivity index (χ3n) is 6.96. The van der Waals surface area contributed by atoms with Gasteiger partial charge in [-0.2, -0.15) is 0 Å². The minimum absolute atomic E-state index is 0.0114. The molecule has 5 N–H and O–H groups in total. The number of benzene rings is 1. The Morgan fingerprint density at radius 3 is 2.48 bits per heavy atom. The number of fused-ring (bicyclic) bond motifs is 1. The number of aromatic nitrogens is 1. The van der Waals surface area contributed by atoms with E-state index in [-0.39, 0.29) is 34.6 Å². The molecule has 1 aromatic carbocycles. The largest absolute Gasteiger partial charge is 0.478 e. The second kappa shape index (κ2) is 17.2. The molecule has 13 nitrogen and oxygen atoms in total. The summed E-state index contributed by atoms with van der Waals surface area (Å²) in [4.78, 5) is 63.3. The van der Waals surface area contributed by atoms with Crippen molar-refractivity contribution in [3.8, 4) is 0 Å². The first-order chi connectivity index (χ1) is 23.5. The van der Waals surface area contributed by atoms with Crippen molar-refractivity contribution in [2.75, 3.05) is 23.8 Å². The van der Waals surface area contributed by atoms with Gasteiger partial charge in [0.2, 0.25) is 5.91 Å². The van der Waals surface area contributed by atoms with Crippen molar-refractivity contribution in [1.29, 1.82) is 0 Å². The van der Waals surface area contributed by atoms with Gasteiger partial charge in [-0.05, 0) is 50.1 Å².